The number of hydrogen-bond donors (Lipinski definition) is 1. The van der Waals surface area contributed by atoms with Crippen LogP contribution in [0.5, 0.6) is 0 Å². The van der Waals surface area contributed by atoms with Crippen molar-refractivity contribution >= 4 is 5.91 Å². The summed E-state index contributed by atoms with van der Waals surface area (Å²) in [6.07, 6.45) is 3.49. The molecule has 2 rings (SSSR count). The van der Waals surface area contributed by atoms with Crippen LogP contribution < -0.4 is 5.73 Å². The molecule has 21 heavy (non-hydrogen) atoms. The highest BCUT2D eigenvalue weighted by atomic mass is 16.5. The minimum Gasteiger partial charge on any atom is -0.377 e. The Morgan fingerprint density at radius 3 is 3.14 bits per heavy atom. The highest BCUT2D eigenvalue weighted by Crippen LogP contribution is 2.25. The lowest BCUT2D eigenvalue weighted by molar-refractivity contribution is -0.0441. The van der Waals surface area contributed by atoms with Crippen molar-refractivity contribution in [2.24, 2.45) is 5.73 Å². The number of rotatable bonds is 2. The van der Waals surface area contributed by atoms with E-state index in [4.69, 9.17) is 10.5 Å². The van der Waals surface area contributed by atoms with Gasteiger partial charge in [0.2, 0.25) is 0 Å². The van der Waals surface area contributed by atoms with Gasteiger partial charge in [0.15, 0.2) is 0 Å². The van der Waals surface area contributed by atoms with Crippen LogP contribution in [-0.2, 0) is 4.74 Å². The minimum atomic E-state index is -0.286. The van der Waals surface area contributed by atoms with Gasteiger partial charge in [0, 0.05) is 26.4 Å². The molecule has 1 aromatic rings. The van der Waals surface area contributed by atoms with Gasteiger partial charge in [-0.25, -0.2) is 4.98 Å². The smallest absolute Gasteiger partial charge is 0.273 e. The second kappa shape index (κ2) is 6.70. The molecule has 1 unspecified atom stereocenters. The third kappa shape index (κ3) is 3.60. The van der Waals surface area contributed by atoms with Crippen molar-refractivity contribution in [3.8, 4) is 11.8 Å². The van der Waals surface area contributed by atoms with Crippen LogP contribution in [-0.4, -0.2) is 48.1 Å². The lowest BCUT2D eigenvalue weighted by atomic mass is 9.94. The molecule has 1 aromatic heterocycles. The molecule has 5 heteroatoms. The average Bonchev–Trinajstić information content (AvgIpc) is 2.52. The van der Waals surface area contributed by atoms with Crippen molar-refractivity contribution in [2.45, 2.75) is 25.4 Å². The molecular weight excluding hydrogens is 266 g/mol. The molecule has 112 valence electrons. The number of likely N-dealkylation sites (tertiary alicyclic amines) is 1. The standard InChI is InChI=1S/C16H21N3O2/c1-16(21-2)8-5-11-19(12-16)15(20)14-13(6-3-9-17)7-4-10-18-14/h4,7,10H,5,8-9,11-12,17H2,1-2H3. The van der Waals surface area contributed by atoms with Gasteiger partial charge in [0.05, 0.1) is 17.7 Å². The normalized spacial score (nSPS) is 21.6. The molecule has 1 aliphatic heterocycles. The zero-order valence-corrected chi connectivity index (χ0v) is 12.6. The maximum Gasteiger partial charge on any atom is 0.273 e. The van der Waals surface area contributed by atoms with E-state index in [9.17, 15) is 4.79 Å². The second-order valence-corrected chi connectivity index (χ2v) is 5.39. The molecule has 5 nitrogen and oxygen atoms in total. The molecule has 2 N–H and O–H groups in total. The van der Waals surface area contributed by atoms with E-state index in [1.165, 1.54) is 0 Å². The van der Waals surface area contributed by atoms with Gasteiger partial charge in [-0.1, -0.05) is 11.8 Å². The fourth-order valence-corrected chi connectivity index (χ4v) is 2.52. The van der Waals surface area contributed by atoms with E-state index in [1.54, 1.807) is 30.3 Å². The van der Waals surface area contributed by atoms with Crippen LogP contribution in [0.4, 0.5) is 0 Å². The number of pyridine rings is 1. The topological polar surface area (TPSA) is 68.5 Å². The highest BCUT2D eigenvalue weighted by molar-refractivity contribution is 5.94. The number of carbonyl (C=O) groups excluding carboxylic acids is 1. The van der Waals surface area contributed by atoms with Crippen LogP contribution in [0.1, 0.15) is 35.8 Å². The number of aromatic nitrogens is 1. The minimum absolute atomic E-state index is 0.0973. The van der Waals surface area contributed by atoms with Crippen LogP contribution in [0.2, 0.25) is 0 Å². The SMILES string of the molecule is COC1(C)CCCN(C(=O)c2ncccc2C#CCN)C1. The fourth-order valence-electron chi connectivity index (χ4n) is 2.52. The van der Waals surface area contributed by atoms with Crippen LogP contribution >= 0.6 is 0 Å². The van der Waals surface area contributed by atoms with E-state index in [1.807, 2.05) is 6.92 Å². The largest absolute Gasteiger partial charge is 0.377 e. The van der Waals surface area contributed by atoms with Gasteiger partial charge in [-0.15, -0.1) is 0 Å². The summed E-state index contributed by atoms with van der Waals surface area (Å²) >= 11 is 0. The predicted octanol–water partition coefficient (Wildman–Crippen LogP) is 1.03. The van der Waals surface area contributed by atoms with Gasteiger partial charge in [-0.2, -0.15) is 0 Å². The van der Waals surface area contributed by atoms with E-state index in [2.05, 4.69) is 16.8 Å². The van der Waals surface area contributed by atoms with Crippen molar-refractivity contribution in [1.82, 2.24) is 9.88 Å². The lowest BCUT2D eigenvalue weighted by Gasteiger charge is -2.39. The molecule has 2 heterocycles. The van der Waals surface area contributed by atoms with Gasteiger partial charge in [0.1, 0.15) is 5.69 Å². The molecule has 0 radical (unpaired) electrons. The van der Waals surface area contributed by atoms with Crippen molar-refractivity contribution in [3.63, 3.8) is 0 Å². The zero-order chi connectivity index (χ0) is 15.3. The van der Waals surface area contributed by atoms with E-state index >= 15 is 0 Å². The lowest BCUT2D eigenvalue weighted by Crippen LogP contribution is -2.49. The molecule has 0 aromatic carbocycles. The van der Waals surface area contributed by atoms with Crippen molar-refractivity contribution in [3.05, 3.63) is 29.6 Å². The van der Waals surface area contributed by atoms with E-state index in [0.717, 1.165) is 19.4 Å². The number of piperidine rings is 1. The van der Waals surface area contributed by atoms with Gasteiger partial charge in [-0.3, -0.25) is 4.79 Å². The molecule has 1 fully saturated rings. The Kier molecular flexibility index (Phi) is 4.94. The maximum absolute atomic E-state index is 12.7. The average molecular weight is 287 g/mol. The maximum atomic E-state index is 12.7. The first-order chi connectivity index (χ1) is 10.1. The Morgan fingerprint density at radius 2 is 2.43 bits per heavy atom. The first-order valence-corrected chi connectivity index (χ1v) is 7.08. The molecule has 1 saturated heterocycles. The Labute approximate surface area is 125 Å². The molecule has 0 aliphatic carbocycles. The summed E-state index contributed by atoms with van der Waals surface area (Å²) in [6.45, 7) is 3.58. The first-order valence-electron chi connectivity index (χ1n) is 7.08. The fraction of sp³-hybridized carbons (Fsp3) is 0.500. The van der Waals surface area contributed by atoms with Crippen molar-refractivity contribution < 1.29 is 9.53 Å². The predicted molar refractivity (Wildman–Crippen MR) is 80.7 cm³/mol. The third-order valence-electron chi connectivity index (χ3n) is 3.77. The van der Waals surface area contributed by atoms with Crippen LogP contribution in [0.3, 0.4) is 0 Å². The summed E-state index contributed by atoms with van der Waals surface area (Å²) in [5.74, 6) is 5.59. The van der Waals surface area contributed by atoms with Gasteiger partial charge in [-0.05, 0) is 31.9 Å². The Hall–Kier alpha value is -1.90. The number of amides is 1. The third-order valence-corrected chi connectivity index (χ3v) is 3.77. The van der Waals surface area contributed by atoms with Crippen LogP contribution in [0.25, 0.3) is 0 Å². The number of hydrogen-bond acceptors (Lipinski definition) is 4. The molecule has 0 spiro atoms. The molecule has 1 atom stereocenters. The number of nitrogens with two attached hydrogens (primary N) is 1. The second-order valence-electron chi connectivity index (χ2n) is 5.39. The molecule has 0 saturated carbocycles. The van der Waals surface area contributed by atoms with Gasteiger partial charge < -0.3 is 15.4 Å². The Balaban J connectivity index is 2.24. The summed E-state index contributed by atoms with van der Waals surface area (Å²) < 4.78 is 5.53. The van der Waals surface area contributed by atoms with Gasteiger partial charge in [0.25, 0.3) is 5.91 Å². The van der Waals surface area contributed by atoms with Crippen LogP contribution in [0.15, 0.2) is 18.3 Å². The Bertz CT molecular complexity index is 576. The van der Waals surface area contributed by atoms with Crippen LogP contribution in [0, 0.1) is 11.8 Å². The summed E-state index contributed by atoms with van der Waals surface area (Å²) in [5.41, 5.74) is 6.12. The summed E-state index contributed by atoms with van der Waals surface area (Å²) in [4.78, 5) is 18.7. The number of carbonyl (C=O) groups is 1. The summed E-state index contributed by atoms with van der Waals surface area (Å²) in [7, 11) is 1.69. The Morgan fingerprint density at radius 1 is 1.62 bits per heavy atom. The van der Waals surface area contributed by atoms with E-state index < -0.39 is 0 Å². The van der Waals surface area contributed by atoms with E-state index in [-0.39, 0.29) is 18.1 Å². The molecular formula is C16H21N3O2. The highest BCUT2D eigenvalue weighted by Gasteiger charge is 2.34. The van der Waals surface area contributed by atoms with E-state index in [0.29, 0.717) is 17.8 Å². The number of nitrogens with zero attached hydrogens (tertiary/aromatic N) is 2. The monoisotopic (exact) mass is 287 g/mol. The summed E-state index contributed by atoms with van der Waals surface area (Å²) in [5, 5.41) is 0. The zero-order valence-electron chi connectivity index (χ0n) is 12.6. The number of ether oxygens (including phenoxy) is 1. The quantitative estimate of drug-likeness (QED) is 0.825. The first kappa shape index (κ1) is 15.5. The molecule has 1 amide bonds. The van der Waals surface area contributed by atoms with Crippen molar-refractivity contribution in [1.29, 1.82) is 0 Å². The molecule has 1 aliphatic rings. The van der Waals surface area contributed by atoms with Gasteiger partial charge >= 0.3 is 0 Å². The van der Waals surface area contributed by atoms with Crippen molar-refractivity contribution in [2.75, 3.05) is 26.7 Å². The summed E-state index contributed by atoms with van der Waals surface area (Å²) in [6, 6.07) is 3.56. The molecule has 0 bridgehead atoms. The number of methoxy groups -OCH3 is 1.